The first-order chi connectivity index (χ1) is 43.2. The average Bonchev–Trinajstić information content (AvgIpc) is 1.51. The zero-order valence-electron chi connectivity index (χ0n) is 55.9. The molecular weight excluding hydrogens is 1260 g/mol. The first-order valence-corrected chi connectivity index (χ1v) is 30.6. The fraction of sp³-hybridized carbons (Fsp3) is 0.205. The van der Waals surface area contributed by atoms with Gasteiger partial charge in [-0.2, -0.15) is 18.2 Å². The van der Waals surface area contributed by atoms with Crippen molar-refractivity contribution in [2.75, 3.05) is 0 Å². The van der Waals surface area contributed by atoms with Crippen LogP contribution in [0.2, 0.25) is 0 Å². The van der Waals surface area contributed by atoms with Crippen molar-refractivity contribution in [2.45, 2.75) is 112 Å². The summed E-state index contributed by atoms with van der Waals surface area (Å²) in [6, 6.07) is 83.4. The third-order valence-electron chi connectivity index (χ3n) is 17.1. The molecule has 3 heterocycles. The topological polar surface area (TPSA) is 35.9 Å². The van der Waals surface area contributed by atoms with Gasteiger partial charge >= 0.3 is 0 Å². The van der Waals surface area contributed by atoms with Crippen LogP contribution < -0.4 is 9.30 Å². The maximum Gasteiger partial charge on any atom is 0.268 e. The van der Waals surface area contributed by atoms with Gasteiger partial charge in [-0.15, -0.1) is 29.7 Å². The Morgan fingerprint density at radius 3 is 1.46 bits per heavy atom. The number of pyridine rings is 1. The second-order valence-corrected chi connectivity index (χ2v) is 27.7. The number of ether oxygens (including phenoxy) is 1. The number of hydrogen-bond donors (Lipinski definition) is 0. The van der Waals surface area contributed by atoms with Crippen LogP contribution in [0, 0.1) is 25.3 Å². The molecule has 0 spiro atoms. The molecule has 446 valence electrons. The fourth-order valence-electron chi connectivity index (χ4n) is 11.9. The van der Waals surface area contributed by atoms with Crippen LogP contribution in [0.3, 0.4) is 0 Å². The summed E-state index contributed by atoms with van der Waals surface area (Å²) in [5.41, 5.74) is 19.8. The summed E-state index contributed by atoms with van der Waals surface area (Å²) < 4.78 is 40.8. The van der Waals surface area contributed by atoms with Crippen LogP contribution in [0.15, 0.2) is 225 Å². The minimum Gasteiger partial charge on any atom is -0.510 e. The number of aryl methyl sites for hydroxylation is 1. The molecular formula is C83H76N4OPt-2. The molecule has 0 saturated heterocycles. The molecule has 0 amide bonds. The summed E-state index contributed by atoms with van der Waals surface area (Å²) in [7, 11) is 0. The minimum absolute atomic E-state index is 0. The SMILES string of the molecule is [2H]C([2H])([2H])c1cc(-n2c3[c-]c(Oc4[c-]c(-n5[c-][n+](-c6cc(-c7ccccc7)cc(-c7ccccc7)c6)c6ccccc65)ccc4)ccc3c3ccccc32)ncc1-c1cc(-c2cc(C(C)(C)C)cc(C(C)(C)C)c2)cc(-c2cc(C(C)(C)C)cc(C(C)(C)C)c2)c1.[Pt]. The zero-order chi connectivity index (χ0) is 63.9. The van der Waals surface area contributed by atoms with E-state index in [0.29, 0.717) is 28.4 Å². The molecule has 0 bridgehead atoms. The molecule has 0 aliphatic carbocycles. The van der Waals surface area contributed by atoms with E-state index in [1.54, 1.807) is 12.3 Å². The molecule has 89 heavy (non-hydrogen) atoms. The first kappa shape index (κ1) is 56.6. The molecule has 0 unspecified atom stereocenters. The largest absolute Gasteiger partial charge is 0.510 e. The van der Waals surface area contributed by atoms with Gasteiger partial charge in [0.2, 0.25) is 0 Å². The summed E-state index contributed by atoms with van der Waals surface area (Å²) in [5, 5.41) is 1.89. The van der Waals surface area contributed by atoms with Crippen molar-refractivity contribution in [1.82, 2.24) is 14.1 Å². The van der Waals surface area contributed by atoms with Crippen LogP contribution >= 0.6 is 0 Å². The molecule has 10 aromatic carbocycles. The van der Waals surface area contributed by atoms with Crippen molar-refractivity contribution >= 4 is 32.8 Å². The molecule has 0 atom stereocenters. The average molecular weight is 1340 g/mol. The molecule has 13 rings (SSSR count). The van der Waals surface area contributed by atoms with E-state index in [-0.39, 0.29) is 48.3 Å². The molecule has 0 fully saturated rings. The van der Waals surface area contributed by atoms with E-state index >= 15 is 0 Å². The van der Waals surface area contributed by atoms with Crippen LogP contribution in [0.1, 0.15) is 115 Å². The van der Waals surface area contributed by atoms with Crippen molar-refractivity contribution in [1.29, 1.82) is 0 Å². The van der Waals surface area contributed by atoms with Crippen LogP contribution in [-0.4, -0.2) is 14.1 Å². The van der Waals surface area contributed by atoms with E-state index in [4.69, 9.17) is 9.72 Å². The van der Waals surface area contributed by atoms with Gasteiger partial charge in [0.15, 0.2) is 0 Å². The van der Waals surface area contributed by atoms with Crippen LogP contribution in [0.4, 0.5) is 0 Å². The number of aromatic nitrogens is 4. The molecule has 0 saturated carbocycles. The Morgan fingerprint density at radius 2 is 0.910 bits per heavy atom. The normalized spacial score (nSPS) is 12.9. The van der Waals surface area contributed by atoms with Crippen LogP contribution in [-0.2, 0) is 42.7 Å². The first-order valence-electron chi connectivity index (χ1n) is 32.1. The van der Waals surface area contributed by atoms with Gasteiger partial charge in [-0.3, -0.25) is 4.57 Å². The van der Waals surface area contributed by atoms with Crippen molar-refractivity contribution in [3.8, 4) is 84.3 Å². The maximum atomic E-state index is 9.30. The van der Waals surface area contributed by atoms with Gasteiger partial charge < -0.3 is 13.9 Å². The predicted molar refractivity (Wildman–Crippen MR) is 367 cm³/mol. The minimum atomic E-state index is -2.53. The van der Waals surface area contributed by atoms with E-state index in [9.17, 15) is 4.11 Å². The third-order valence-corrected chi connectivity index (χ3v) is 17.1. The van der Waals surface area contributed by atoms with Gasteiger partial charge in [-0.05, 0) is 166 Å². The van der Waals surface area contributed by atoms with Crippen molar-refractivity contribution in [3.63, 3.8) is 0 Å². The standard InChI is InChI=1S/C83H76N4O.Pt/c1-54-37-79(84-52-74(54)63-40-57(61-42-64(80(2,3)4)48-65(43-61)81(5,6)7)38-58(41-63)62-44-66(82(8,9)10)49-67(45-62)83(11,12)13)87-75-32-21-20-31-72(75)73-36-35-71(51-78(73)87)88-70-30-24-29-68(50-70)85-53-86(77-34-23-22-33-76(77)85)69-46-59(55-25-16-14-17-26-55)39-60(47-69)56-27-18-15-19-28-56;/h14-49,52H,1-13H3;/q-2;/i1D3;. The van der Waals surface area contributed by atoms with Gasteiger partial charge in [0, 0.05) is 54.0 Å². The second-order valence-electron chi connectivity index (χ2n) is 27.7. The Balaban J connectivity index is 0.00000816. The van der Waals surface area contributed by atoms with Crippen LogP contribution in [0.5, 0.6) is 11.5 Å². The van der Waals surface area contributed by atoms with Gasteiger partial charge in [0.25, 0.3) is 6.33 Å². The smallest absolute Gasteiger partial charge is 0.268 e. The number of hydrogen-bond acceptors (Lipinski definition) is 2. The summed E-state index contributed by atoms with van der Waals surface area (Å²) >= 11 is 0. The number of nitrogens with zero attached hydrogens (tertiary/aromatic N) is 4. The quantitative estimate of drug-likeness (QED) is 0.101. The number of benzene rings is 10. The second kappa shape index (κ2) is 23.2. The monoisotopic (exact) mass is 1340 g/mol. The van der Waals surface area contributed by atoms with Crippen molar-refractivity contribution in [3.05, 3.63) is 271 Å². The Bertz CT molecular complexity index is 4720. The van der Waals surface area contributed by atoms with Gasteiger partial charge in [0.1, 0.15) is 5.82 Å². The predicted octanol–water partition coefficient (Wildman–Crippen LogP) is 21.4. The van der Waals surface area contributed by atoms with E-state index in [1.165, 1.54) is 22.3 Å². The molecule has 0 aliphatic rings. The van der Waals surface area contributed by atoms with Crippen molar-refractivity contribution in [2.24, 2.45) is 0 Å². The third kappa shape index (κ3) is 12.1. The summed E-state index contributed by atoms with van der Waals surface area (Å²) in [6.07, 6.45) is 5.46. The maximum absolute atomic E-state index is 9.30. The molecule has 0 N–H and O–H groups in total. The molecule has 13 aromatic rings. The Hall–Kier alpha value is -8.89. The Kier molecular flexibility index (Phi) is 14.8. The number of para-hydroxylation sites is 3. The molecule has 0 radical (unpaired) electrons. The molecule has 6 heteroatoms. The number of rotatable bonds is 10. The summed E-state index contributed by atoms with van der Waals surface area (Å²) in [6.45, 7) is 24.6. The number of fused-ring (bicyclic) bond motifs is 4. The van der Waals surface area contributed by atoms with E-state index in [2.05, 4.69) is 252 Å². The Morgan fingerprint density at radius 1 is 0.427 bits per heavy atom. The fourth-order valence-corrected chi connectivity index (χ4v) is 11.9. The van der Waals surface area contributed by atoms with Gasteiger partial charge in [-0.1, -0.05) is 228 Å². The van der Waals surface area contributed by atoms with E-state index < -0.39 is 6.85 Å². The van der Waals surface area contributed by atoms with Crippen LogP contribution in [0.25, 0.3) is 106 Å². The summed E-state index contributed by atoms with van der Waals surface area (Å²) in [5.74, 6) is 1.40. The summed E-state index contributed by atoms with van der Waals surface area (Å²) in [4.78, 5) is 5.25. The van der Waals surface area contributed by atoms with E-state index in [0.717, 1.165) is 88.8 Å². The number of imidazole rings is 1. The van der Waals surface area contributed by atoms with E-state index in [1.807, 2.05) is 75.9 Å². The zero-order valence-corrected chi connectivity index (χ0v) is 55.1. The van der Waals surface area contributed by atoms with Crippen molar-refractivity contribution < 1.29 is 34.5 Å². The molecule has 5 nitrogen and oxygen atoms in total. The van der Waals surface area contributed by atoms with Gasteiger partial charge in [-0.25, -0.2) is 4.98 Å². The van der Waals surface area contributed by atoms with Gasteiger partial charge in [0.05, 0.1) is 16.7 Å². The molecule has 0 aliphatic heterocycles. The Labute approximate surface area is 544 Å². The molecule has 3 aromatic heterocycles.